The third-order valence-corrected chi connectivity index (χ3v) is 5.00. The van der Waals surface area contributed by atoms with Gasteiger partial charge in [0, 0.05) is 19.3 Å². The van der Waals surface area contributed by atoms with Crippen molar-refractivity contribution < 1.29 is 9.53 Å². The molecule has 1 amide bonds. The van der Waals surface area contributed by atoms with E-state index < -0.39 is 0 Å². The van der Waals surface area contributed by atoms with Crippen LogP contribution in [0.25, 0.3) is 10.4 Å². The Kier molecular flexibility index (Phi) is 4.82. The second-order valence-corrected chi connectivity index (χ2v) is 6.61. The summed E-state index contributed by atoms with van der Waals surface area (Å²) in [6.45, 7) is 1.07. The molecule has 1 aliphatic rings. The van der Waals surface area contributed by atoms with Gasteiger partial charge in [-0.1, -0.05) is 17.4 Å². The topological polar surface area (TPSA) is 102 Å². The highest BCUT2D eigenvalue weighted by Crippen LogP contribution is 2.32. The average molecular weight is 353 g/mol. The first-order chi connectivity index (χ1) is 12.1. The molecule has 1 unspecified atom stereocenters. The number of thiazole rings is 1. The van der Waals surface area contributed by atoms with Crippen LogP contribution in [0.2, 0.25) is 0 Å². The van der Waals surface area contributed by atoms with Gasteiger partial charge in [0.2, 0.25) is 5.91 Å². The molecule has 126 valence electrons. The number of nitrogens with one attached hydrogen (secondary N) is 1. The number of nitrogens with zero attached hydrogens (tertiary/aromatic N) is 4. The molecule has 2 heterocycles. The van der Waals surface area contributed by atoms with Crippen LogP contribution in [0.4, 0.5) is 5.13 Å². The van der Waals surface area contributed by atoms with E-state index in [1.807, 2.05) is 6.07 Å². The molecular formula is C17H15N5O2S. The Labute approximate surface area is 149 Å². The maximum atomic E-state index is 12.3. The molecule has 1 aliphatic heterocycles. The average Bonchev–Trinajstić information content (AvgIpc) is 3.30. The van der Waals surface area contributed by atoms with Crippen molar-refractivity contribution in [3.8, 4) is 28.5 Å². The van der Waals surface area contributed by atoms with Crippen LogP contribution in [-0.2, 0) is 4.79 Å². The molecule has 1 aromatic carbocycles. The fourth-order valence-corrected chi connectivity index (χ4v) is 3.49. The number of carbonyl (C=O) groups is 1. The number of anilines is 1. The summed E-state index contributed by atoms with van der Waals surface area (Å²) < 4.78 is 5.22. The number of hydrogen-bond acceptors (Lipinski definition) is 7. The molecule has 0 aliphatic carbocycles. The zero-order chi connectivity index (χ0) is 17.8. The molecule has 1 saturated heterocycles. The number of likely N-dealkylation sites (tertiary alicyclic amines) is 1. The van der Waals surface area contributed by atoms with Crippen LogP contribution in [0.3, 0.4) is 0 Å². The van der Waals surface area contributed by atoms with Crippen LogP contribution in [0.1, 0.15) is 12.0 Å². The quantitative estimate of drug-likeness (QED) is 0.847. The lowest BCUT2D eigenvalue weighted by Crippen LogP contribution is -2.25. The molecular weight excluding hydrogens is 338 g/mol. The van der Waals surface area contributed by atoms with Gasteiger partial charge in [0.25, 0.3) is 0 Å². The molecule has 0 radical (unpaired) electrons. The van der Waals surface area contributed by atoms with Crippen molar-refractivity contribution in [1.82, 2.24) is 9.88 Å². The number of methoxy groups -OCH3 is 1. The van der Waals surface area contributed by atoms with E-state index in [0.29, 0.717) is 36.0 Å². The number of ether oxygens (including phenoxy) is 1. The Bertz CT molecular complexity index is 880. The molecule has 1 fully saturated rings. The van der Waals surface area contributed by atoms with Gasteiger partial charge in [0.1, 0.15) is 11.8 Å². The highest BCUT2D eigenvalue weighted by molar-refractivity contribution is 7.19. The highest BCUT2D eigenvalue weighted by Gasteiger charge is 2.28. The Balaban J connectivity index is 1.72. The number of carbonyl (C=O) groups excluding carboxylic acids is 1. The summed E-state index contributed by atoms with van der Waals surface area (Å²) in [7, 11) is 1.52. The number of nitriles is 2. The van der Waals surface area contributed by atoms with Gasteiger partial charge in [0.15, 0.2) is 11.3 Å². The van der Waals surface area contributed by atoms with Crippen molar-refractivity contribution in [2.24, 2.45) is 5.92 Å². The van der Waals surface area contributed by atoms with Crippen molar-refractivity contribution in [3.05, 3.63) is 30.0 Å². The molecule has 1 aromatic heterocycles. The summed E-state index contributed by atoms with van der Waals surface area (Å²) in [4.78, 5) is 19.0. The number of rotatable bonds is 4. The van der Waals surface area contributed by atoms with E-state index >= 15 is 0 Å². The number of benzene rings is 1. The van der Waals surface area contributed by atoms with Crippen LogP contribution < -0.4 is 10.1 Å². The van der Waals surface area contributed by atoms with E-state index in [1.165, 1.54) is 18.4 Å². The van der Waals surface area contributed by atoms with E-state index in [4.69, 9.17) is 15.3 Å². The third kappa shape index (κ3) is 3.54. The molecule has 7 nitrogen and oxygen atoms in total. The lowest BCUT2D eigenvalue weighted by molar-refractivity contribution is -0.119. The maximum absolute atomic E-state index is 12.3. The van der Waals surface area contributed by atoms with Gasteiger partial charge in [-0.15, -0.1) is 0 Å². The van der Waals surface area contributed by atoms with Gasteiger partial charge in [0.05, 0.1) is 23.5 Å². The summed E-state index contributed by atoms with van der Waals surface area (Å²) in [5, 5.41) is 21.2. The van der Waals surface area contributed by atoms with Crippen molar-refractivity contribution in [2.75, 3.05) is 25.5 Å². The molecule has 2 aromatic rings. The fourth-order valence-electron chi connectivity index (χ4n) is 2.67. The number of aromatic nitrogens is 1. The predicted molar refractivity (Wildman–Crippen MR) is 92.7 cm³/mol. The van der Waals surface area contributed by atoms with Crippen LogP contribution >= 0.6 is 11.3 Å². The molecule has 0 saturated carbocycles. The monoisotopic (exact) mass is 353 g/mol. The van der Waals surface area contributed by atoms with Crippen molar-refractivity contribution in [3.63, 3.8) is 0 Å². The largest absolute Gasteiger partial charge is 0.495 e. The molecule has 0 spiro atoms. The molecule has 1 N–H and O–H groups in total. The van der Waals surface area contributed by atoms with Gasteiger partial charge < -0.3 is 15.0 Å². The minimum atomic E-state index is -0.193. The van der Waals surface area contributed by atoms with Crippen LogP contribution in [0, 0.1) is 28.7 Å². The first-order valence-electron chi connectivity index (χ1n) is 7.64. The highest BCUT2D eigenvalue weighted by atomic mass is 32.1. The first kappa shape index (κ1) is 16.7. The third-order valence-electron chi connectivity index (χ3n) is 4.04. The lowest BCUT2D eigenvalue weighted by Gasteiger charge is -2.08. The SMILES string of the molecule is COc1cc(-c2cnc(NC(=O)C3CCN(C#N)C3)s2)ccc1C#N. The van der Waals surface area contributed by atoms with Crippen LogP contribution in [-0.4, -0.2) is 36.0 Å². The van der Waals surface area contributed by atoms with Crippen molar-refractivity contribution in [1.29, 1.82) is 10.5 Å². The second-order valence-electron chi connectivity index (χ2n) is 5.58. The summed E-state index contributed by atoms with van der Waals surface area (Å²) in [6.07, 6.45) is 4.41. The fraction of sp³-hybridized carbons (Fsp3) is 0.294. The van der Waals surface area contributed by atoms with Crippen molar-refractivity contribution in [2.45, 2.75) is 6.42 Å². The molecule has 0 bridgehead atoms. The molecule has 25 heavy (non-hydrogen) atoms. The van der Waals surface area contributed by atoms with Gasteiger partial charge in [-0.3, -0.25) is 4.79 Å². The normalized spacial score (nSPS) is 16.1. The van der Waals surface area contributed by atoms with Crippen molar-refractivity contribution >= 4 is 22.4 Å². The van der Waals surface area contributed by atoms with Crippen LogP contribution in [0.5, 0.6) is 5.75 Å². The maximum Gasteiger partial charge on any atom is 0.231 e. The predicted octanol–water partition coefficient (Wildman–Crippen LogP) is 2.43. The Morgan fingerprint density at radius 1 is 1.48 bits per heavy atom. The smallest absolute Gasteiger partial charge is 0.231 e. The van der Waals surface area contributed by atoms with Gasteiger partial charge >= 0.3 is 0 Å². The Morgan fingerprint density at radius 2 is 2.32 bits per heavy atom. The zero-order valence-electron chi connectivity index (χ0n) is 13.5. The summed E-state index contributed by atoms with van der Waals surface area (Å²) in [5.74, 6) is 0.194. The first-order valence-corrected chi connectivity index (χ1v) is 8.46. The zero-order valence-corrected chi connectivity index (χ0v) is 14.3. The van der Waals surface area contributed by atoms with Crippen LogP contribution in [0.15, 0.2) is 24.4 Å². The van der Waals surface area contributed by atoms with Gasteiger partial charge in [-0.25, -0.2) is 4.98 Å². The van der Waals surface area contributed by atoms with Gasteiger partial charge in [-0.05, 0) is 24.1 Å². The summed E-state index contributed by atoms with van der Waals surface area (Å²) in [6, 6.07) is 7.37. The number of amides is 1. The van der Waals surface area contributed by atoms with E-state index in [9.17, 15) is 4.79 Å². The summed E-state index contributed by atoms with van der Waals surface area (Å²) >= 11 is 1.35. The Hall–Kier alpha value is -3.10. The standard InChI is InChI=1S/C17H15N5O2S/c1-24-14-6-11(2-3-12(14)7-18)15-8-20-17(25-15)21-16(23)13-4-5-22(9-13)10-19/h2-3,6,8,13H,4-5,9H2,1H3,(H,20,21,23). The Morgan fingerprint density at radius 3 is 3.00 bits per heavy atom. The minimum Gasteiger partial charge on any atom is -0.495 e. The van der Waals surface area contributed by atoms with Gasteiger partial charge in [-0.2, -0.15) is 10.5 Å². The molecule has 8 heteroatoms. The summed E-state index contributed by atoms with van der Waals surface area (Å²) in [5.41, 5.74) is 1.33. The van der Waals surface area contributed by atoms with E-state index in [0.717, 1.165) is 10.4 Å². The number of hydrogen-bond donors (Lipinski definition) is 1. The van der Waals surface area contributed by atoms with E-state index in [2.05, 4.69) is 22.6 Å². The molecule has 1 atom stereocenters. The second kappa shape index (κ2) is 7.20. The minimum absolute atomic E-state index is 0.115. The lowest BCUT2D eigenvalue weighted by atomic mass is 10.1. The van der Waals surface area contributed by atoms with E-state index in [1.54, 1.807) is 23.2 Å². The molecule has 3 rings (SSSR count). The van der Waals surface area contributed by atoms with E-state index in [-0.39, 0.29) is 11.8 Å².